The molecule has 0 saturated heterocycles. The van der Waals surface area contributed by atoms with E-state index in [1.165, 1.54) is 0 Å². The molecule has 3 unspecified atom stereocenters. The van der Waals surface area contributed by atoms with Crippen molar-refractivity contribution in [3.05, 3.63) is 0 Å². The van der Waals surface area contributed by atoms with E-state index < -0.39 is 6.10 Å². The molecule has 0 N–H and O–H groups in total. The molecule has 19 heavy (non-hydrogen) atoms. The number of alkyl halides is 2. The number of hydrogen-bond acceptors (Lipinski definition) is 4. The molecule has 0 aliphatic carbocycles. The summed E-state index contributed by atoms with van der Waals surface area (Å²) in [5.41, 5.74) is 0. The summed E-state index contributed by atoms with van der Waals surface area (Å²) < 4.78 is 10.2. The van der Waals surface area contributed by atoms with Crippen molar-refractivity contribution in [2.24, 2.45) is 0 Å². The van der Waals surface area contributed by atoms with Crippen LogP contribution in [0.5, 0.6) is 0 Å². The molecule has 0 rings (SSSR count). The van der Waals surface area contributed by atoms with Gasteiger partial charge in [0.25, 0.3) is 0 Å². The van der Waals surface area contributed by atoms with Crippen molar-refractivity contribution in [2.75, 3.05) is 6.61 Å². The summed E-state index contributed by atoms with van der Waals surface area (Å²) in [7, 11) is 0. The van der Waals surface area contributed by atoms with Crippen molar-refractivity contribution in [3.63, 3.8) is 0 Å². The molecule has 0 aliphatic rings. The Morgan fingerprint density at radius 1 is 1.00 bits per heavy atom. The zero-order valence-electron chi connectivity index (χ0n) is 11.7. The lowest BCUT2D eigenvalue weighted by Gasteiger charge is -2.15. The second-order valence-corrected chi connectivity index (χ2v) is 6.99. The fourth-order valence-electron chi connectivity index (χ4n) is 1.23. The lowest BCUT2D eigenvalue weighted by molar-refractivity contribution is -0.157. The average Bonchev–Trinajstić information content (AvgIpc) is 2.35. The highest BCUT2D eigenvalue weighted by Gasteiger charge is 2.16. The molecular weight excluding hydrogens is 380 g/mol. The SMILES string of the molecule is CCC(Br)CC(=O)OCC(C)OC(=O)CC(Br)CC. The molecule has 0 saturated carbocycles. The summed E-state index contributed by atoms with van der Waals surface area (Å²) in [5, 5.41) is 0. The normalized spacial score (nSPS) is 15.4. The third kappa shape index (κ3) is 10.4. The molecular formula is C13H22Br2O4. The van der Waals surface area contributed by atoms with Crippen molar-refractivity contribution in [1.82, 2.24) is 0 Å². The van der Waals surface area contributed by atoms with Gasteiger partial charge in [0.2, 0.25) is 0 Å². The summed E-state index contributed by atoms with van der Waals surface area (Å²) >= 11 is 6.74. The topological polar surface area (TPSA) is 52.6 Å². The van der Waals surface area contributed by atoms with E-state index in [4.69, 9.17) is 9.47 Å². The van der Waals surface area contributed by atoms with Crippen LogP contribution in [0.1, 0.15) is 46.5 Å². The summed E-state index contributed by atoms with van der Waals surface area (Å²) in [6, 6.07) is 0. The Labute approximate surface area is 131 Å². The maximum atomic E-state index is 11.5. The van der Waals surface area contributed by atoms with Crippen LogP contribution < -0.4 is 0 Å². The molecule has 0 aromatic rings. The Hall–Kier alpha value is -0.100. The third-order valence-corrected chi connectivity index (χ3v) is 4.42. The predicted octanol–water partition coefficient (Wildman–Crippen LogP) is 3.59. The van der Waals surface area contributed by atoms with Gasteiger partial charge in [-0.1, -0.05) is 45.7 Å². The highest BCUT2D eigenvalue weighted by atomic mass is 79.9. The Morgan fingerprint density at radius 3 is 1.95 bits per heavy atom. The van der Waals surface area contributed by atoms with E-state index in [1.54, 1.807) is 6.92 Å². The molecule has 0 radical (unpaired) electrons. The smallest absolute Gasteiger partial charge is 0.307 e. The number of esters is 2. The first kappa shape index (κ1) is 18.9. The van der Waals surface area contributed by atoms with Crippen LogP contribution in [-0.4, -0.2) is 34.3 Å². The van der Waals surface area contributed by atoms with Crippen LogP contribution in [0.3, 0.4) is 0 Å². The summed E-state index contributed by atoms with van der Waals surface area (Å²) in [4.78, 5) is 23.2. The molecule has 0 aromatic heterocycles. The van der Waals surface area contributed by atoms with Crippen LogP contribution in [0.25, 0.3) is 0 Å². The minimum absolute atomic E-state index is 0.104. The van der Waals surface area contributed by atoms with Crippen molar-refractivity contribution in [1.29, 1.82) is 0 Å². The first-order valence-electron chi connectivity index (χ1n) is 6.52. The van der Waals surface area contributed by atoms with E-state index in [-0.39, 0.29) is 28.2 Å². The summed E-state index contributed by atoms with van der Waals surface area (Å²) in [6.45, 7) is 5.79. The third-order valence-electron chi connectivity index (χ3n) is 2.47. The van der Waals surface area contributed by atoms with Gasteiger partial charge in [0.15, 0.2) is 0 Å². The molecule has 0 aromatic carbocycles. The minimum atomic E-state index is -0.414. The van der Waals surface area contributed by atoms with E-state index >= 15 is 0 Å². The predicted molar refractivity (Wildman–Crippen MR) is 81.8 cm³/mol. The van der Waals surface area contributed by atoms with E-state index in [2.05, 4.69) is 31.9 Å². The Bertz CT molecular complexity index is 284. The van der Waals surface area contributed by atoms with Crippen LogP contribution in [0.4, 0.5) is 0 Å². The second-order valence-electron chi connectivity index (χ2n) is 4.40. The minimum Gasteiger partial charge on any atom is -0.462 e. The zero-order valence-corrected chi connectivity index (χ0v) is 14.8. The number of carbonyl (C=O) groups excluding carboxylic acids is 2. The largest absolute Gasteiger partial charge is 0.462 e. The van der Waals surface area contributed by atoms with Gasteiger partial charge < -0.3 is 9.47 Å². The van der Waals surface area contributed by atoms with Crippen molar-refractivity contribution < 1.29 is 19.1 Å². The number of hydrogen-bond donors (Lipinski definition) is 0. The van der Waals surface area contributed by atoms with Gasteiger partial charge in [-0.15, -0.1) is 0 Å². The first-order chi connectivity index (χ1) is 8.88. The molecule has 0 heterocycles. The molecule has 0 amide bonds. The standard InChI is InChI=1S/C13H22Br2O4/c1-4-10(14)6-12(16)18-8-9(3)19-13(17)7-11(15)5-2/h9-11H,4-8H2,1-3H3. The molecule has 4 nitrogen and oxygen atoms in total. The maximum Gasteiger partial charge on any atom is 0.307 e. The van der Waals surface area contributed by atoms with Crippen molar-refractivity contribution in [3.8, 4) is 0 Å². The van der Waals surface area contributed by atoms with Crippen LogP contribution in [0, 0.1) is 0 Å². The summed E-state index contributed by atoms with van der Waals surface area (Å²) in [5.74, 6) is -0.558. The van der Waals surface area contributed by atoms with Crippen molar-refractivity contribution >= 4 is 43.8 Å². The first-order valence-corrected chi connectivity index (χ1v) is 8.35. The maximum absolute atomic E-state index is 11.5. The molecule has 0 bridgehead atoms. The molecule has 6 heteroatoms. The molecule has 0 spiro atoms. The number of halogens is 2. The van der Waals surface area contributed by atoms with Crippen LogP contribution in [-0.2, 0) is 19.1 Å². The molecule has 3 atom stereocenters. The van der Waals surface area contributed by atoms with Crippen molar-refractivity contribution in [2.45, 2.75) is 62.2 Å². The van der Waals surface area contributed by atoms with Gasteiger partial charge in [-0.2, -0.15) is 0 Å². The lowest BCUT2D eigenvalue weighted by Crippen LogP contribution is -2.24. The Balaban J connectivity index is 3.83. The van der Waals surface area contributed by atoms with Gasteiger partial charge >= 0.3 is 11.9 Å². The van der Waals surface area contributed by atoms with Crippen LogP contribution in [0.2, 0.25) is 0 Å². The quantitative estimate of drug-likeness (QED) is 0.437. The Kier molecular flexibility index (Phi) is 10.6. The zero-order chi connectivity index (χ0) is 14.8. The molecule has 0 fully saturated rings. The van der Waals surface area contributed by atoms with Gasteiger partial charge in [-0.05, 0) is 19.8 Å². The van der Waals surface area contributed by atoms with Crippen LogP contribution >= 0.6 is 31.9 Å². The van der Waals surface area contributed by atoms with Gasteiger partial charge in [0.05, 0.1) is 12.8 Å². The van der Waals surface area contributed by atoms with Gasteiger partial charge in [-0.25, -0.2) is 0 Å². The fourth-order valence-corrected chi connectivity index (χ4v) is 1.75. The highest BCUT2D eigenvalue weighted by Crippen LogP contribution is 2.12. The van der Waals surface area contributed by atoms with Gasteiger partial charge in [0, 0.05) is 9.65 Å². The van der Waals surface area contributed by atoms with Gasteiger partial charge in [0.1, 0.15) is 12.7 Å². The van der Waals surface area contributed by atoms with E-state index in [0.29, 0.717) is 12.8 Å². The average molecular weight is 402 g/mol. The second kappa shape index (κ2) is 10.7. The number of ether oxygens (including phenoxy) is 2. The monoisotopic (exact) mass is 400 g/mol. The van der Waals surface area contributed by atoms with Crippen LogP contribution in [0.15, 0.2) is 0 Å². The van der Waals surface area contributed by atoms with E-state index in [0.717, 1.165) is 12.8 Å². The number of rotatable bonds is 9. The molecule has 0 aliphatic heterocycles. The van der Waals surface area contributed by atoms with E-state index in [9.17, 15) is 9.59 Å². The van der Waals surface area contributed by atoms with E-state index in [1.807, 2.05) is 13.8 Å². The fraction of sp³-hybridized carbons (Fsp3) is 0.846. The summed E-state index contributed by atoms with van der Waals surface area (Å²) in [6.07, 6.45) is 1.97. The Morgan fingerprint density at radius 2 is 1.47 bits per heavy atom. The van der Waals surface area contributed by atoms with Gasteiger partial charge in [-0.3, -0.25) is 9.59 Å². The number of carbonyl (C=O) groups is 2. The lowest BCUT2D eigenvalue weighted by atomic mass is 10.2. The molecule has 112 valence electrons. The highest BCUT2D eigenvalue weighted by molar-refractivity contribution is 9.09.